The van der Waals surface area contributed by atoms with Crippen molar-refractivity contribution in [1.29, 1.82) is 0 Å². The minimum absolute atomic E-state index is 0.203. The Kier molecular flexibility index (Phi) is 3.39. The third-order valence-electron chi connectivity index (χ3n) is 2.43. The van der Waals surface area contributed by atoms with E-state index in [0.29, 0.717) is 11.5 Å². The third kappa shape index (κ3) is 2.41. The summed E-state index contributed by atoms with van der Waals surface area (Å²) in [4.78, 5) is 0. The molecule has 0 atom stereocenters. The second-order valence-corrected chi connectivity index (χ2v) is 4.16. The van der Waals surface area contributed by atoms with Gasteiger partial charge in [0.05, 0.1) is 0 Å². The lowest BCUT2D eigenvalue weighted by Crippen LogP contribution is -1.94. The maximum Gasteiger partial charge on any atom is 0.125 e. The van der Waals surface area contributed by atoms with Crippen LogP contribution >= 0.6 is 0 Å². The molecule has 0 aromatic heterocycles. The van der Waals surface area contributed by atoms with Crippen LogP contribution in [0.5, 0.6) is 11.5 Å². The van der Waals surface area contributed by atoms with Gasteiger partial charge in [-0.15, -0.1) is 0 Å². The highest BCUT2D eigenvalue weighted by molar-refractivity contribution is 5.48. The van der Waals surface area contributed by atoms with Gasteiger partial charge in [0.25, 0.3) is 0 Å². The Labute approximate surface area is 85.2 Å². The van der Waals surface area contributed by atoms with Crippen molar-refractivity contribution in [3.63, 3.8) is 0 Å². The average Bonchev–Trinajstić information content (AvgIpc) is 2.11. The summed E-state index contributed by atoms with van der Waals surface area (Å²) in [6.45, 7) is 6.10. The number of phenols is 2. The molecule has 0 amide bonds. The van der Waals surface area contributed by atoms with Gasteiger partial charge in [-0.05, 0) is 37.3 Å². The van der Waals surface area contributed by atoms with E-state index in [1.54, 1.807) is 12.1 Å². The van der Waals surface area contributed by atoms with Crippen LogP contribution < -0.4 is 0 Å². The van der Waals surface area contributed by atoms with Crippen molar-refractivity contribution in [1.82, 2.24) is 0 Å². The first-order valence-electron chi connectivity index (χ1n) is 5.02. The van der Waals surface area contributed by atoms with E-state index in [-0.39, 0.29) is 11.5 Å². The van der Waals surface area contributed by atoms with Crippen molar-refractivity contribution in [2.75, 3.05) is 0 Å². The van der Waals surface area contributed by atoms with Crippen LogP contribution in [0.1, 0.15) is 31.4 Å². The molecule has 0 bridgehead atoms. The van der Waals surface area contributed by atoms with Crippen molar-refractivity contribution in [2.45, 2.75) is 33.6 Å². The number of hydrogen-bond acceptors (Lipinski definition) is 2. The molecule has 0 fully saturated rings. The van der Waals surface area contributed by atoms with Gasteiger partial charge >= 0.3 is 0 Å². The first kappa shape index (κ1) is 10.9. The van der Waals surface area contributed by atoms with E-state index in [9.17, 15) is 10.2 Å². The van der Waals surface area contributed by atoms with E-state index in [2.05, 4.69) is 13.8 Å². The van der Waals surface area contributed by atoms with Crippen molar-refractivity contribution >= 4 is 0 Å². The van der Waals surface area contributed by atoms with Gasteiger partial charge in [-0.1, -0.05) is 19.9 Å². The summed E-state index contributed by atoms with van der Waals surface area (Å²) >= 11 is 0. The van der Waals surface area contributed by atoms with Crippen molar-refractivity contribution in [3.8, 4) is 11.5 Å². The number of phenolic OH excluding ortho intramolecular Hbond substituents is 2. The smallest absolute Gasteiger partial charge is 0.125 e. The summed E-state index contributed by atoms with van der Waals surface area (Å²) in [6, 6.07) is 3.37. The zero-order valence-electron chi connectivity index (χ0n) is 9.04. The highest BCUT2D eigenvalue weighted by Gasteiger charge is 2.09. The highest BCUT2D eigenvalue weighted by Crippen LogP contribution is 2.31. The Hall–Kier alpha value is -1.18. The Bertz CT molecular complexity index is 316. The van der Waals surface area contributed by atoms with Crippen LogP contribution in [-0.2, 0) is 6.42 Å². The first-order chi connectivity index (χ1) is 6.52. The Balaban J connectivity index is 2.89. The van der Waals surface area contributed by atoms with Crippen molar-refractivity contribution in [3.05, 3.63) is 23.3 Å². The molecule has 78 valence electrons. The molecule has 1 aromatic rings. The van der Waals surface area contributed by atoms with Crippen LogP contribution in [0.15, 0.2) is 12.1 Å². The lowest BCUT2D eigenvalue weighted by atomic mass is 9.99. The van der Waals surface area contributed by atoms with Gasteiger partial charge in [-0.25, -0.2) is 0 Å². The molecule has 2 nitrogen and oxygen atoms in total. The summed E-state index contributed by atoms with van der Waals surface area (Å²) in [5.74, 6) is 1.02. The summed E-state index contributed by atoms with van der Waals surface area (Å²) in [7, 11) is 0. The van der Waals surface area contributed by atoms with E-state index >= 15 is 0 Å². The zero-order chi connectivity index (χ0) is 10.7. The molecule has 2 N–H and O–H groups in total. The van der Waals surface area contributed by atoms with Gasteiger partial charge in [-0.3, -0.25) is 0 Å². The molecule has 0 aliphatic heterocycles. The van der Waals surface area contributed by atoms with Crippen LogP contribution in [0.2, 0.25) is 0 Å². The van der Waals surface area contributed by atoms with E-state index in [1.807, 2.05) is 6.92 Å². The fourth-order valence-corrected chi connectivity index (χ4v) is 1.42. The number of aryl methyl sites for hydroxylation is 1. The molecule has 0 saturated heterocycles. The lowest BCUT2D eigenvalue weighted by Gasteiger charge is -2.10. The second-order valence-electron chi connectivity index (χ2n) is 4.16. The van der Waals surface area contributed by atoms with Gasteiger partial charge in [-0.2, -0.15) is 0 Å². The molecule has 2 heteroatoms. The molecule has 0 unspecified atom stereocenters. The summed E-state index contributed by atoms with van der Waals surface area (Å²) < 4.78 is 0. The maximum atomic E-state index is 9.73. The molecule has 0 radical (unpaired) electrons. The Morgan fingerprint density at radius 2 is 1.86 bits per heavy atom. The standard InChI is InChI=1S/C12H18O2/c1-8(2)4-6-10-11(13)7-5-9(3)12(10)14/h5,7-8,13-14H,4,6H2,1-3H3. The van der Waals surface area contributed by atoms with Gasteiger partial charge in [0.1, 0.15) is 11.5 Å². The minimum Gasteiger partial charge on any atom is -0.508 e. The van der Waals surface area contributed by atoms with Crippen molar-refractivity contribution < 1.29 is 10.2 Å². The van der Waals surface area contributed by atoms with E-state index < -0.39 is 0 Å². The predicted octanol–water partition coefficient (Wildman–Crippen LogP) is 2.99. The van der Waals surface area contributed by atoms with Crippen LogP contribution in [0.3, 0.4) is 0 Å². The molecule has 1 aromatic carbocycles. The van der Waals surface area contributed by atoms with Crippen LogP contribution in [0, 0.1) is 12.8 Å². The molecular formula is C12H18O2. The van der Waals surface area contributed by atoms with Gasteiger partial charge < -0.3 is 10.2 Å². The zero-order valence-corrected chi connectivity index (χ0v) is 9.04. The summed E-state index contributed by atoms with van der Waals surface area (Å²) in [5, 5.41) is 19.3. The van der Waals surface area contributed by atoms with E-state index in [0.717, 1.165) is 18.4 Å². The van der Waals surface area contributed by atoms with Gasteiger partial charge in [0.2, 0.25) is 0 Å². The summed E-state index contributed by atoms with van der Waals surface area (Å²) in [6.07, 6.45) is 1.71. The number of rotatable bonds is 3. The molecule has 0 aliphatic rings. The van der Waals surface area contributed by atoms with Crippen LogP contribution in [0.25, 0.3) is 0 Å². The largest absolute Gasteiger partial charge is 0.508 e. The van der Waals surface area contributed by atoms with E-state index in [1.165, 1.54) is 0 Å². The fourth-order valence-electron chi connectivity index (χ4n) is 1.42. The van der Waals surface area contributed by atoms with Gasteiger partial charge in [0, 0.05) is 5.56 Å². The first-order valence-corrected chi connectivity index (χ1v) is 5.02. The molecule has 0 heterocycles. The van der Waals surface area contributed by atoms with Gasteiger partial charge in [0.15, 0.2) is 0 Å². The second kappa shape index (κ2) is 4.36. The quantitative estimate of drug-likeness (QED) is 0.776. The highest BCUT2D eigenvalue weighted by atomic mass is 16.3. The fraction of sp³-hybridized carbons (Fsp3) is 0.500. The minimum atomic E-state index is 0.203. The number of benzene rings is 1. The van der Waals surface area contributed by atoms with Crippen LogP contribution in [0.4, 0.5) is 0 Å². The predicted molar refractivity (Wildman–Crippen MR) is 57.7 cm³/mol. The maximum absolute atomic E-state index is 9.73. The van der Waals surface area contributed by atoms with E-state index in [4.69, 9.17) is 0 Å². The monoisotopic (exact) mass is 194 g/mol. The Morgan fingerprint density at radius 3 is 2.43 bits per heavy atom. The normalized spacial score (nSPS) is 10.9. The average molecular weight is 194 g/mol. The molecule has 14 heavy (non-hydrogen) atoms. The molecule has 0 spiro atoms. The Morgan fingerprint density at radius 1 is 1.21 bits per heavy atom. The molecular weight excluding hydrogens is 176 g/mol. The molecule has 0 saturated carbocycles. The van der Waals surface area contributed by atoms with Crippen LogP contribution in [-0.4, -0.2) is 10.2 Å². The van der Waals surface area contributed by atoms with Crippen molar-refractivity contribution in [2.24, 2.45) is 5.92 Å². The molecule has 0 aliphatic carbocycles. The number of hydrogen-bond donors (Lipinski definition) is 2. The third-order valence-corrected chi connectivity index (χ3v) is 2.43. The molecule has 1 rings (SSSR count). The number of aromatic hydroxyl groups is 2. The topological polar surface area (TPSA) is 40.5 Å². The SMILES string of the molecule is Cc1ccc(O)c(CCC(C)C)c1O. The summed E-state index contributed by atoms with van der Waals surface area (Å²) in [5.41, 5.74) is 1.50. The lowest BCUT2D eigenvalue weighted by molar-refractivity contribution is 0.430.